The number of carbonyl (C=O) groups excluding carboxylic acids is 1. The quantitative estimate of drug-likeness (QED) is 0.573. The van der Waals surface area contributed by atoms with Gasteiger partial charge in [-0.05, 0) is 0 Å². The molecule has 0 radical (unpaired) electrons. The zero-order valence-corrected chi connectivity index (χ0v) is 10.6. The van der Waals surface area contributed by atoms with Gasteiger partial charge in [0.25, 0.3) is 5.91 Å². The number of rotatable bonds is 5. The zero-order valence-electron chi connectivity index (χ0n) is 10.6. The Bertz CT molecular complexity index is 277. The third-order valence-electron chi connectivity index (χ3n) is 3.78. The number of hydrogen-bond donors (Lipinski definition) is 2. The highest BCUT2D eigenvalue weighted by Gasteiger charge is 2.32. The number of halogens is 1. The van der Waals surface area contributed by atoms with Crippen LogP contribution >= 0.6 is 0 Å². The topological polar surface area (TPSA) is 64.8 Å². The first kappa shape index (κ1) is 13.7. The van der Waals surface area contributed by atoms with Crippen molar-refractivity contribution in [3.63, 3.8) is 0 Å². The van der Waals surface area contributed by atoms with Gasteiger partial charge in [0.1, 0.15) is 0 Å². The second-order valence-corrected chi connectivity index (χ2v) is 5.03. The summed E-state index contributed by atoms with van der Waals surface area (Å²) in [7, 11) is 0. The van der Waals surface area contributed by atoms with Gasteiger partial charge in [0.2, 0.25) is 0 Å². The molecular weight excluding hydrogens is 237 g/mol. The van der Waals surface area contributed by atoms with Crippen molar-refractivity contribution in [2.24, 2.45) is 5.73 Å². The van der Waals surface area contributed by atoms with Crippen LogP contribution in [-0.2, 0) is 4.79 Å². The van der Waals surface area contributed by atoms with Crippen molar-refractivity contribution >= 4 is 5.91 Å². The minimum absolute atomic E-state index is 0.161. The smallest absolute Gasteiger partial charge is 0.261 e. The predicted molar refractivity (Wildman–Crippen MR) is 66.5 cm³/mol. The summed E-state index contributed by atoms with van der Waals surface area (Å²) in [6.45, 7) is 7.65. The molecule has 0 aliphatic carbocycles. The number of nitrogens with one attached hydrogen (secondary N) is 1. The van der Waals surface area contributed by atoms with Crippen LogP contribution in [0.25, 0.3) is 0 Å². The Balaban J connectivity index is 1.64. The molecule has 2 aliphatic heterocycles. The van der Waals surface area contributed by atoms with Gasteiger partial charge in [-0.1, -0.05) is 0 Å². The van der Waals surface area contributed by atoms with Gasteiger partial charge < -0.3 is 5.73 Å². The van der Waals surface area contributed by atoms with E-state index in [-0.39, 0.29) is 6.54 Å². The molecule has 1 amide bonds. The molecule has 3 N–H and O–H groups in total. The second-order valence-electron chi connectivity index (χ2n) is 5.03. The van der Waals surface area contributed by atoms with E-state index in [9.17, 15) is 9.28 Å². The van der Waals surface area contributed by atoms with Crippen LogP contribution < -0.4 is 11.3 Å². The van der Waals surface area contributed by atoms with Crippen molar-refractivity contribution in [3.05, 3.63) is 0 Å². The highest BCUT2D eigenvalue weighted by molar-refractivity contribution is 5.76. The first-order valence-electron chi connectivity index (χ1n) is 6.51. The van der Waals surface area contributed by atoms with Gasteiger partial charge in [-0.15, -0.1) is 4.48 Å². The molecule has 2 aliphatic rings. The molecule has 104 valence electrons. The highest BCUT2D eigenvalue weighted by Crippen LogP contribution is 2.16. The lowest BCUT2D eigenvalue weighted by molar-refractivity contribution is -0.127. The maximum Gasteiger partial charge on any atom is 0.261 e. The fraction of sp³-hybridized carbons (Fsp3) is 0.909. The number of carbonyl (C=O) groups is 1. The van der Waals surface area contributed by atoms with Crippen LogP contribution in [0.1, 0.15) is 0 Å². The maximum atomic E-state index is 11.9. The van der Waals surface area contributed by atoms with Crippen LogP contribution in [-0.4, -0.2) is 85.6 Å². The first-order valence-corrected chi connectivity index (χ1v) is 6.51. The van der Waals surface area contributed by atoms with Gasteiger partial charge >= 0.3 is 0 Å². The molecular formula is C11H22FN5O. The Kier molecular flexibility index (Phi) is 4.87. The Morgan fingerprint density at radius 1 is 1.22 bits per heavy atom. The average molecular weight is 259 g/mol. The summed E-state index contributed by atoms with van der Waals surface area (Å²) in [6.07, 6.45) is 0. The number of hydrogen-bond acceptors (Lipinski definition) is 5. The van der Waals surface area contributed by atoms with Crippen molar-refractivity contribution < 1.29 is 9.28 Å². The first-order chi connectivity index (χ1) is 8.72. The summed E-state index contributed by atoms with van der Waals surface area (Å²) in [5.41, 5.74) is 6.69. The molecule has 0 saturated carbocycles. The number of piperazine rings is 1. The van der Waals surface area contributed by atoms with Gasteiger partial charge in [0.05, 0.1) is 6.54 Å². The highest BCUT2D eigenvalue weighted by atomic mass is 19.2. The Morgan fingerprint density at radius 2 is 1.89 bits per heavy atom. The largest absolute Gasteiger partial charge is 0.329 e. The van der Waals surface area contributed by atoms with Crippen LogP contribution in [0.5, 0.6) is 0 Å². The Morgan fingerprint density at radius 3 is 2.44 bits per heavy atom. The average Bonchev–Trinajstić information content (AvgIpc) is 2.34. The molecule has 6 nitrogen and oxygen atoms in total. The van der Waals surface area contributed by atoms with E-state index in [1.165, 1.54) is 5.54 Å². The molecule has 0 aromatic rings. The Hall–Kier alpha value is -0.760. The molecule has 2 saturated heterocycles. The lowest BCUT2D eigenvalue weighted by Gasteiger charge is -2.48. The molecule has 0 bridgehead atoms. The molecule has 0 spiro atoms. The zero-order chi connectivity index (χ0) is 13.0. The molecule has 2 rings (SSSR count). The molecule has 2 heterocycles. The van der Waals surface area contributed by atoms with Gasteiger partial charge in [0, 0.05) is 58.4 Å². The van der Waals surface area contributed by atoms with E-state index in [1.54, 1.807) is 0 Å². The van der Waals surface area contributed by atoms with Crippen molar-refractivity contribution in [1.82, 2.24) is 20.2 Å². The molecule has 18 heavy (non-hydrogen) atoms. The van der Waals surface area contributed by atoms with E-state index < -0.39 is 5.91 Å². The molecule has 0 aromatic carbocycles. The third-order valence-corrected chi connectivity index (χ3v) is 3.78. The van der Waals surface area contributed by atoms with Crippen molar-refractivity contribution in [3.8, 4) is 0 Å². The van der Waals surface area contributed by atoms with E-state index in [1.807, 2.05) is 4.90 Å². The molecule has 7 heteroatoms. The van der Waals surface area contributed by atoms with Crippen LogP contribution in [0.4, 0.5) is 4.48 Å². The predicted octanol–water partition coefficient (Wildman–Crippen LogP) is -1.75. The second kappa shape index (κ2) is 6.42. The Labute approximate surface area is 107 Å². The van der Waals surface area contributed by atoms with E-state index in [4.69, 9.17) is 5.73 Å². The third kappa shape index (κ3) is 3.38. The lowest BCUT2D eigenvalue weighted by Crippen LogP contribution is -2.63. The van der Waals surface area contributed by atoms with E-state index in [0.29, 0.717) is 6.04 Å². The number of nitrogens with zero attached hydrogens (tertiary/aromatic N) is 3. The van der Waals surface area contributed by atoms with E-state index in [2.05, 4.69) is 9.80 Å². The van der Waals surface area contributed by atoms with Crippen LogP contribution in [0, 0.1) is 0 Å². The molecule has 0 atom stereocenters. The van der Waals surface area contributed by atoms with Gasteiger partial charge in [-0.2, -0.15) is 5.54 Å². The summed E-state index contributed by atoms with van der Waals surface area (Å²) in [5, 5.41) is 0. The van der Waals surface area contributed by atoms with Crippen LogP contribution in [0.3, 0.4) is 0 Å². The van der Waals surface area contributed by atoms with Crippen molar-refractivity contribution in [1.29, 1.82) is 0 Å². The standard InChI is InChI=1S/C11H22FN5O/c12-14-11(18)9-15-3-5-17(6-4-15)10-7-16(8-10)2-1-13/h10H,1-9,13H2,(H,14,18). The van der Waals surface area contributed by atoms with Gasteiger partial charge in [-0.25, -0.2) is 0 Å². The fourth-order valence-corrected chi connectivity index (χ4v) is 2.66. The summed E-state index contributed by atoms with van der Waals surface area (Å²) in [5.74, 6) is -0.554. The minimum Gasteiger partial charge on any atom is -0.329 e. The maximum absolute atomic E-state index is 11.9. The van der Waals surface area contributed by atoms with Crippen LogP contribution in [0.15, 0.2) is 0 Å². The normalized spacial score (nSPS) is 23.9. The monoisotopic (exact) mass is 259 g/mol. The molecule has 2 fully saturated rings. The number of amides is 1. The molecule has 0 unspecified atom stereocenters. The minimum atomic E-state index is -0.554. The van der Waals surface area contributed by atoms with Crippen LogP contribution in [0.2, 0.25) is 0 Å². The summed E-state index contributed by atoms with van der Waals surface area (Å²) < 4.78 is 11.9. The van der Waals surface area contributed by atoms with Gasteiger partial charge in [-0.3, -0.25) is 19.5 Å². The van der Waals surface area contributed by atoms with E-state index in [0.717, 1.165) is 52.4 Å². The number of likely N-dealkylation sites (tertiary alicyclic amines) is 1. The SMILES string of the molecule is NCCN1CC(N2CCN(CC(=O)NF)CC2)C1. The summed E-state index contributed by atoms with van der Waals surface area (Å²) in [4.78, 5) is 17.7. The lowest BCUT2D eigenvalue weighted by atomic mass is 10.1. The van der Waals surface area contributed by atoms with E-state index >= 15 is 0 Å². The summed E-state index contributed by atoms with van der Waals surface area (Å²) >= 11 is 0. The fourth-order valence-electron chi connectivity index (χ4n) is 2.66. The molecule has 0 aromatic heterocycles. The van der Waals surface area contributed by atoms with Gasteiger partial charge in [0.15, 0.2) is 0 Å². The number of nitrogens with two attached hydrogens (primary N) is 1. The van der Waals surface area contributed by atoms with Crippen molar-refractivity contribution in [2.75, 3.05) is 58.9 Å². The van der Waals surface area contributed by atoms with Crippen molar-refractivity contribution in [2.45, 2.75) is 6.04 Å². The summed E-state index contributed by atoms with van der Waals surface area (Å²) in [6, 6.07) is 0.633.